The van der Waals surface area contributed by atoms with E-state index in [-0.39, 0.29) is 16.7 Å². The Kier molecular flexibility index (Phi) is 4.82. The van der Waals surface area contributed by atoms with Crippen molar-refractivity contribution in [3.8, 4) is 0 Å². The molecule has 90 valence electrons. The second-order valence-electron chi connectivity index (χ2n) is 6.02. The summed E-state index contributed by atoms with van der Waals surface area (Å²) in [4.78, 5) is 11.3. The number of rotatable bonds is 5. The van der Waals surface area contributed by atoms with Gasteiger partial charge in [0, 0.05) is 0 Å². The van der Waals surface area contributed by atoms with Crippen LogP contribution in [0.1, 0.15) is 60.8 Å². The summed E-state index contributed by atoms with van der Waals surface area (Å²) < 4.78 is 0. The lowest BCUT2D eigenvalue weighted by atomic mass is 9.67. The first-order valence-corrected chi connectivity index (χ1v) is 5.89. The molecule has 0 aromatic carbocycles. The van der Waals surface area contributed by atoms with Gasteiger partial charge >= 0.3 is 5.97 Å². The molecule has 0 spiro atoms. The molecule has 0 amide bonds. The third kappa shape index (κ3) is 4.23. The van der Waals surface area contributed by atoms with Crippen LogP contribution in [-0.4, -0.2) is 11.1 Å². The summed E-state index contributed by atoms with van der Waals surface area (Å²) >= 11 is 0. The third-order valence-electron chi connectivity index (χ3n) is 3.57. The average molecular weight is 214 g/mol. The van der Waals surface area contributed by atoms with Crippen LogP contribution in [0.25, 0.3) is 0 Å². The zero-order valence-corrected chi connectivity index (χ0v) is 11.1. The summed E-state index contributed by atoms with van der Waals surface area (Å²) in [5, 5.41) is 9.33. The van der Waals surface area contributed by atoms with E-state index in [2.05, 4.69) is 41.5 Å². The van der Waals surface area contributed by atoms with E-state index in [0.29, 0.717) is 0 Å². The molecule has 0 heterocycles. The molecule has 0 saturated heterocycles. The van der Waals surface area contributed by atoms with E-state index in [1.807, 2.05) is 0 Å². The number of hydrogen-bond acceptors (Lipinski definition) is 1. The topological polar surface area (TPSA) is 37.3 Å². The lowest BCUT2D eigenvalue weighted by Gasteiger charge is -2.37. The zero-order chi connectivity index (χ0) is 12.3. The van der Waals surface area contributed by atoms with Crippen molar-refractivity contribution < 1.29 is 9.90 Å². The summed E-state index contributed by atoms with van der Waals surface area (Å²) in [5.74, 6) is -0.872. The van der Waals surface area contributed by atoms with Crippen molar-refractivity contribution >= 4 is 5.97 Å². The van der Waals surface area contributed by atoms with Crippen LogP contribution in [0.4, 0.5) is 0 Å². The van der Waals surface area contributed by atoms with E-state index in [1.54, 1.807) is 0 Å². The van der Waals surface area contributed by atoms with Gasteiger partial charge in [0.15, 0.2) is 0 Å². The zero-order valence-electron chi connectivity index (χ0n) is 11.1. The van der Waals surface area contributed by atoms with Crippen LogP contribution in [0.2, 0.25) is 0 Å². The van der Waals surface area contributed by atoms with Crippen molar-refractivity contribution in [1.82, 2.24) is 0 Å². The molecule has 0 fully saturated rings. The smallest absolute Gasteiger partial charge is 0.307 e. The predicted octanol–water partition coefficient (Wildman–Crippen LogP) is 3.95. The fourth-order valence-corrected chi connectivity index (χ4v) is 1.99. The van der Waals surface area contributed by atoms with Crippen molar-refractivity contribution in [2.45, 2.75) is 60.8 Å². The Bertz CT molecular complexity index is 209. The summed E-state index contributed by atoms with van der Waals surface area (Å²) in [6.07, 6.45) is 2.60. The van der Waals surface area contributed by atoms with Gasteiger partial charge in [-0.05, 0) is 30.1 Å². The van der Waals surface area contributed by atoms with E-state index in [9.17, 15) is 9.90 Å². The van der Waals surface area contributed by atoms with E-state index in [0.717, 1.165) is 19.3 Å². The Balaban J connectivity index is 4.88. The third-order valence-corrected chi connectivity index (χ3v) is 3.57. The highest BCUT2D eigenvalue weighted by Crippen LogP contribution is 2.41. The molecule has 15 heavy (non-hydrogen) atoms. The van der Waals surface area contributed by atoms with Crippen molar-refractivity contribution in [2.24, 2.45) is 16.7 Å². The maximum Gasteiger partial charge on any atom is 0.307 e. The molecular weight excluding hydrogens is 188 g/mol. The molecule has 0 rings (SSSR count). The SMILES string of the molecule is CCC(C)(CC)C(CC(C)(C)C)C(=O)O. The minimum absolute atomic E-state index is 0.0703. The van der Waals surface area contributed by atoms with E-state index in [4.69, 9.17) is 0 Å². The fraction of sp³-hybridized carbons (Fsp3) is 0.923. The Hall–Kier alpha value is -0.530. The van der Waals surface area contributed by atoms with Crippen LogP contribution in [0.5, 0.6) is 0 Å². The molecule has 0 bridgehead atoms. The standard InChI is InChI=1S/C13H26O2/c1-7-13(6,8-2)10(11(14)15)9-12(3,4)5/h10H,7-9H2,1-6H3,(H,14,15). The van der Waals surface area contributed by atoms with Crippen molar-refractivity contribution in [2.75, 3.05) is 0 Å². The maximum atomic E-state index is 11.3. The highest BCUT2D eigenvalue weighted by atomic mass is 16.4. The molecule has 0 aromatic rings. The summed E-state index contributed by atoms with van der Waals surface area (Å²) in [6, 6.07) is 0. The van der Waals surface area contributed by atoms with Crippen LogP contribution in [0.3, 0.4) is 0 Å². The average Bonchev–Trinajstić information content (AvgIpc) is 2.11. The van der Waals surface area contributed by atoms with Crippen molar-refractivity contribution in [1.29, 1.82) is 0 Å². The Morgan fingerprint density at radius 3 is 1.73 bits per heavy atom. The van der Waals surface area contributed by atoms with Crippen LogP contribution < -0.4 is 0 Å². The minimum Gasteiger partial charge on any atom is -0.481 e. The molecule has 0 aliphatic heterocycles. The van der Waals surface area contributed by atoms with Gasteiger partial charge < -0.3 is 5.11 Å². The molecule has 0 radical (unpaired) electrons. The summed E-state index contributed by atoms with van der Waals surface area (Å²) in [5.41, 5.74) is 0.00771. The number of hydrogen-bond donors (Lipinski definition) is 1. The lowest BCUT2D eigenvalue weighted by molar-refractivity contribution is -0.148. The second kappa shape index (κ2) is 5.00. The fourth-order valence-electron chi connectivity index (χ4n) is 1.99. The molecule has 0 aliphatic carbocycles. The van der Waals surface area contributed by atoms with Gasteiger partial charge in [-0.1, -0.05) is 41.5 Å². The number of carbonyl (C=O) groups is 1. The Labute approximate surface area is 94.1 Å². The maximum absolute atomic E-state index is 11.3. The number of carboxylic acid groups (broad SMARTS) is 1. The van der Waals surface area contributed by atoms with Crippen molar-refractivity contribution in [3.63, 3.8) is 0 Å². The monoisotopic (exact) mass is 214 g/mol. The van der Waals surface area contributed by atoms with Gasteiger partial charge in [0.1, 0.15) is 0 Å². The van der Waals surface area contributed by atoms with Crippen LogP contribution in [0.15, 0.2) is 0 Å². The molecule has 1 N–H and O–H groups in total. The van der Waals surface area contributed by atoms with E-state index in [1.165, 1.54) is 0 Å². The predicted molar refractivity (Wildman–Crippen MR) is 63.9 cm³/mol. The van der Waals surface area contributed by atoms with Gasteiger partial charge in [0.25, 0.3) is 0 Å². The van der Waals surface area contributed by atoms with E-state index < -0.39 is 5.97 Å². The molecule has 1 atom stereocenters. The highest BCUT2D eigenvalue weighted by molar-refractivity contribution is 5.71. The molecule has 1 unspecified atom stereocenters. The van der Waals surface area contributed by atoms with Crippen LogP contribution in [0, 0.1) is 16.7 Å². The van der Waals surface area contributed by atoms with Gasteiger partial charge in [0.2, 0.25) is 0 Å². The second-order valence-corrected chi connectivity index (χ2v) is 6.02. The molecule has 0 aliphatic rings. The first-order chi connectivity index (χ1) is 6.66. The van der Waals surface area contributed by atoms with Crippen LogP contribution >= 0.6 is 0 Å². The minimum atomic E-state index is -0.642. The number of carboxylic acids is 1. The molecule has 0 saturated carbocycles. The van der Waals surface area contributed by atoms with Crippen LogP contribution in [-0.2, 0) is 4.79 Å². The molecule has 2 heteroatoms. The Morgan fingerprint density at radius 1 is 1.13 bits per heavy atom. The molecular formula is C13H26O2. The quantitative estimate of drug-likeness (QED) is 0.752. The highest BCUT2D eigenvalue weighted by Gasteiger charge is 2.38. The van der Waals surface area contributed by atoms with Gasteiger partial charge in [-0.15, -0.1) is 0 Å². The summed E-state index contributed by atoms with van der Waals surface area (Å²) in [7, 11) is 0. The van der Waals surface area contributed by atoms with E-state index >= 15 is 0 Å². The molecule has 2 nitrogen and oxygen atoms in total. The normalized spacial score (nSPS) is 15.1. The van der Waals surface area contributed by atoms with Crippen molar-refractivity contribution in [3.05, 3.63) is 0 Å². The van der Waals surface area contributed by atoms with Gasteiger partial charge in [0.05, 0.1) is 5.92 Å². The van der Waals surface area contributed by atoms with Gasteiger partial charge in [-0.2, -0.15) is 0 Å². The first kappa shape index (κ1) is 14.5. The largest absolute Gasteiger partial charge is 0.481 e. The Morgan fingerprint density at radius 2 is 1.53 bits per heavy atom. The summed E-state index contributed by atoms with van der Waals surface area (Å²) in [6.45, 7) is 12.6. The first-order valence-electron chi connectivity index (χ1n) is 5.89. The van der Waals surface area contributed by atoms with Gasteiger partial charge in [-0.25, -0.2) is 0 Å². The molecule has 0 aromatic heterocycles. The lowest BCUT2D eigenvalue weighted by Crippen LogP contribution is -2.35. The van der Waals surface area contributed by atoms with Gasteiger partial charge in [-0.3, -0.25) is 4.79 Å². The number of aliphatic carboxylic acids is 1.